The van der Waals surface area contributed by atoms with Gasteiger partial charge < -0.3 is 15.3 Å². The molecule has 3 N–H and O–H groups in total. The number of carbonyl (C=O) groups excluding carboxylic acids is 2. The summed E-state index contributed by atoms with van der Waals surface area (Å²) < 4.78 is 0. The van der Waals surface area contributed by atoms with Crippen LogP contribution in [0.2, 0.25) is 0 Å². The van der Waals surface area contributed by atoms with Crippen LogP contribution in [0.15, 0.2) is 30.3 Å². The molecule has 3 rings (SSSR count). The van der Waals surface area contributed by atoms with Crippen molar-refractivity contribution in [1.82, 2.24) is 4.90 Å². The number of aliphatic hydroxyl groups is 1. The molecule has 7 heteroatoms. The predicted octanol–water partition coefficient (Wildman–Crippen LogP) is 1.72. The Kier molecular flexibility index (Phi) is 5.47. The Labute approximate surface area is 150 Å². The van der Waals surface area contributed by atoms with Gasteiger partial charge in [-0.25, -0.2) is 0 Å². The minimum Gasteiger partial charge on any atom is -0.504 e. The summed E-state index contributed by atoms with van der Waals surface area (Å²) in [7, 11) is 1.73. The van der Waals surface area contributed by atoms with Crippen molar-refractivity contribution in [3.05, 3.63) is 58.1 Å². The van der Waals surface area contributed by atoms with E-state index in [0.29, 0.717) is 12.1 Å². The maximum Gasteiger partial charge on any atom is 0.198 e. The molecule has 0 saturated heterocycles. The Morgan fingerprint density at radius 1 is 0.960 bits per heavy atom. The molecule has 2 aromatic carbocycles. The van der Waals surface area contributed by atoms with Crippen LogP contribution in [0.5, 0.6) is 11.5 Å². The van der Waals surface area contributed by atoms with E-state index in [0.717, 1.165) is 0 Å². The average Bonchev–Trinajstić information content (AvgIpc) is 2.57. The van der Waals surface area contributed by atoms with Crippen molar-refractivity contribution >= 4 is 24.0 Å². The quantitative estimate of drug-likeness (QED) is 0.610. The molecule has 0 saturated carbocycles. The largest absolute Gasteiger partial charge is 0.504 e. The molecule has 25 heavy (non-hydrogen) atoms. The average molecular weight is 364 g/mol. The predicted molar refractivity (Wildman–Crippen MR) is 93.7 cm³/mol. The lowest BCUT2D eigenvalue weighted by atomic mass is 9.82. The van der Waals surface area contributed by atoms with Crippen molar-refractivity contribution in [2.24, 2.45) is 0 Å². The lowest BCUT2D eigenvalue weighted by Crippen LogP contribution is -2.24. The Morgan fingerprint density at radius 2 is 1.56 bits per heavy atom. The van der Waals surface area contributed by atoms with Crippen molar-refractivity contribution in [3.63, 3.8) is 0 Å². The minimum absolute atomic E-state index is 0. The van der Waals surface area contributed by atoms with E-state index >= 15 is 0 Å². The molecule has 1 aliphatic carbocycles. The SMILES string of the molecule is CN(CCO)Cc1cc2c(c(O)c1O)C(=O)c1ccccc1C2=O.Cl. The molecule has 0 heterocycles. The van der Waals surface area contributed by atoms with Gasteiger partial charge in [-0.15, -0.1) is 12.4 Å². The van der Waals surface area contributed by atoms with Gasteiger partial charge in [0.05, 0.1) is 12.2 Å². The Bertz CT molecular complexity index is 850. The van der Waals surface area contributed by atoms with E-state index in [1.165, 1.54) is 12.1 Å². The number of fused-ring (bicyclic) bond motifs is 2. The molecule has 0 aromatic heterocycles. The number of hydrogen-bond acceptors (Lipinski definition) is 6. The molecule has 132 valence electrons. The number of phenols is 2. The van der Waals surface area contributed by atoms with Crippen LogP contribution in [-0.4, -0.2) is 52.0 Å². The lowest BCUT2D eigenvalue weighted by molar-refractivity contribution is 0.0976. The fourth-order valence-corrected chi connectivity index (χ4v) is 2.94. The Morgan fingerprint density at radius 3 is 2.16 bits per heavy atom. The van der Waals surface area contributed by atoms with E-state index in [2.05, 4.69) is 0 Å². The molecule has 6 nitrogen and oxygen atoms in total. The van der Waals surface area contributed by atoms with Gasteiger partial charge in [0, 0.05) is 35.3 Å². The van der Waals surface area contributed by atoms with Crippen LogP contribution in [-0.2, 0) is 6.54 Å². The summed E-state index contributed by atoms with van der Waals surface area (Å²) in [5, 5.41) is 29.5. The smallest absolute Gasteiger partial charge is 0.198 e. The van der Waals surface area contributed by atoms with Crippen LogP contribution >= 0.6 is 12.4 Å². The van der Waals surface area contributed by atoms with Gasteiger partial charge in [0.25, 0.3) is 0 Å². The zero-order chi connectivity index (χ0) is 17.4. The highest BCUT2D eigenvalue weighted by molar-refractivity contribution is 6.29. The highest BCUT2D eigenvalue weighted by Gasteiger charge is 2.34. The fourth-order valence-electron chi connectivity index (χ4n) is 2.94. The van der Waals surface area contributed by atoms with Gasteiger partial charge in [0.2, 0.25) is 0 Å². The topological polar surface area (TPSA) is 98.1 Å². The second kappa shape index (κ2) is 7.23. The molecule has 0 radical (unpaired) electrons. The van der Waals surface area contributed by atoms with Crippen molar-refractivity contribution < 1.29 is 24.9 Å². The summed E-state index contributed by atoms with van der Waals surface area (Å²) in [6, 6.07) is 7.85. The van der Waals surface area contributed by atoms with Gasteiger partial charge in [-0.05, 0) is 13.1 Å². The monoisotopic (exact) mass is 363 g/mol. The summed E-state index contributed by atoms with van der Waals surface area (Å²) in [6.07, 6.45) is 0. The van der Waals surface area contributed by atoms with E-state index in [4.69, 9.17) is 5.11 Å². The first-order chi connectivity index (χ1) is 11.5. The molecule has 0 unspecified atom stereocenters. The third kappa shape index (κ3) is 3.11. The minimum atomic E-state index is -0.576. The van der Waals surface area contributed by atoms with Crippen molar-refractivity contribution in [2.45, 2.75) is 6.54 Å². The van der Waals surface area contributed by atoms with E-state index in [-0.39, 0.29) is 53.6 Å². The molecule has 0 bridgehead atoms. The summed E-state index contributed by atoms with van der Waals surface area (Å²) >= 11 is 0. The first kappa shape index (κ1) is 18.9. The van der Waals surface area contributed by atoms with Gasteiger partial charge in [0.1, 0.15) is 0 Å². The maximum absolute atomic E-state index is 12.7. The summed E-state index contributed by atoms with van der Waals surface area (Å²) in [5.74, 6) is -1.84. The number of aromatic hydroxyl groups is 2. The number of nitrogens with zero attached hydrogens (tertiary/aromatic N) is 1. The molecule has 0 amide bonds. The zero-order valence-electron chi connectivity index (χ0n) is 13.5. The van der Waals surface area contributed by atoms with Crippen LogP contribution in [0.1, 0.15) is 37.4 Å². The molecular weight excluding hydrogens is 346 g/mol. The molecule has 0 atom stereocenters. The van der Waals surface area contributed by atoms with Crippen molar-refractivity contribution in [3.8, 4) is 11.5 Å². The van der Waals surface area contributed by atoms with Crippen LogP contribution in [0, 0.1) is 0 Å². The van der Waals surface area contributed by atoms with Crippen LogP contribution in [0.25, 0.3) is 0 Å². The van der Waals surface area contributed by atoms with Gasteiger partial charge >= 0.3 is 0 Å². The van der Waals surface area contributed by atoms with Gasteiger partial charge in [-0.1, -0.05) is 24.3 Å². The number of ketones is 2. The molecule has 0 aliphatic heterocycles. The third-order valence-electron chi connectivity index (χ3n) is 4.16. The Hall–Kier alpha value is -2.41. The molecule has 0 fully saturated rings. The molecule has 2 aromatic rings. The van der Waals surface area contributed by atoms with Crippen LogP contribution in [0.3, 0.4) is 0 Å². The second-order valence-electron chi connectivity index (χ2n) is 5.82. The van der Waals surface area contributed by atoms with E-state index in [9.17, 15) is 19.8 Å². The first-order valence-corrected chi connectivity index (χ1v) is 7.51. The second-order valence-corrected chi connectivity index (χ2v) is 5.82. The Balaban J connectivity index is 0.00000225. The van der Waals surface area contributed by atoms with Gasteiger partial charge in [-0.2, -0.15) is 0 Å². The maximum atomic E-state index is 12.7. The van der Waals surface area contributed by atoms with E-state index in [1.54, 1.807) is 30.1 Å². The fraction of sp³-hybridized carbons (Fsp3) is 0.222. The normalized spacial score (nSPS) is 12.6. The highest BCUT2D eigenvalue weighted by Crippen LogP contribution is 2.40. The van der Waals surface area contributed by atoms with Crippen molar-refractivity contribution in [1.29, 1.82) is 0 Å². The molecule has 0 spiro atoms. The number of rotatable bonds is 4. The zero-order valence-corrected chi connectivity index (χ0v) is 14.3. The first-order valence-electron chi connectivity index (χ1n) is 7.51. The van der Waals surface area contributed by atoms with Crippen LogP contribution in [0.4, 0.5) is 0 Å². The summed E-state index contributed by atoms with van der Waals surface area (Å²) in [4.78, 5) is 27.0. The number of aliphatic hydroxyl groups excluding tert-OH is 1. The number of halogens is 1. The highest BCUT2D eigenvalue weighted by atomic mass is 35.5. The number of likely N-dealkylation sites (N-methyl/N-ethyl adjacent to an activating group) is 1. The van der Waals surface area contributed by atoms with E-state index < -0.39 is 17.3 Å². The van der Waals surface area contributed by atoms with E-state index in [1.807, 2.05) is 0 Å². The number of benzene rings is 2. The van der Waals surface area contributed by atoms with Gasteiger partial charge in [0.15, 0.2) is 23.1 Å². The standard InChI is InChI=1S/C18H17NO5.ClH/c1-19(6-7-20)9-10-8-13-14(18(24)15(10)21)17(23)12-5-3-2-4-11(12)16(13)22;/h2-5,8,20-21,24H,6-7,9H2,1H3;1H. The number of phenolic OH excluding ortho intramolecular Hbond substituents is 2. The van der Waals surface area contributed by atoms with Crippen LogP contribution < -0.4 is 0 Å². The number of hydrogen-bond donors (Lipinski definition) is 3. The molecular formula is C18H18ClNO5. The van der Waals surface area contributed by atoms with Gasteiger partial charge in [-0.3, -0.25) is 14.5 Å². The summed E-state index contributed by atoms with van der Waals surface area (Å²) in [6.45, 7) is 0.530. The number of carbonyl (C=O) groups is 2. The molecule has 1 aliphatic rings. The van der Waals surface area contributed by atoms with Crippen molar-refractivity contribution in [2.75, 3.05) is 20.2 Å². The third-order valence-corrected chi connectivity index (χ3v) is 4.16. The summed E-state index contributed by atoms with van der Waals surface area (Å²) in [5.41, 5.74) is 0.749. The lowest BCUT2D eigenvalue weighted by Gasteiger charge is -2.22.